The van der Waals surface area contributed by atoms with E-state index < -0.39 is 47.8 Å². The van der Waals surface area contributed by atoms with Gasteiger partial charge in [-0.3, -0.25) is 19.2 Å². The second kappa shape index (κ2) is 14.3. The van der Waals surface area contributed by atoms with Crippen molar-refractivity contribution in [2.75, 3.05) is 23.0 Å². The van der Waals surface area contributed by atoms with E-state index in [1.54, 1.807) is 18.3 Å². The van der Waals surface area contributed by atoms with Crippen LogP contribution in [0.5, 0.6) is 5.75 Å². The van der Waals surface area contributed by atoms with Crippen LogP contribution in [0.3, 0.4) is 0 Å². The molecule has 218 valence electrons. The molecule has 1 aliphatic heterocycles. The molecule has 0 saturated carbocycles. The highest BCUT2D eigenvalue weighted by atomic mass is 32.2. The Kier molecular flexibility index (Phi) is 10.6. The van der Waals surface area contributed by atoms with Crippen LogP contribution >= 0.6 is 23.5 Å². The van der Waals surface area contributed by atoms with E-state index in [9.17, 15) is 24.3 Å². The third-order valence-electron chi connectivity index (χ3n) is 6.69. The zero-order valence-corrected chi connectivity index (χ0v) is 23.9. The van der Waals surface area contributed by atoms with Crippen LogP contribution in [0, 0.1) is 0 Å². The van der Waals surface area contributed by atoms with Gasteiger partial charge in [0, 0.05) is 46.5 Å². The number of benzene rings is 2. The maximum absolute atomic E-state index is 13.5. The van der Waals surface area contributed by atoms with Gasteiger partial charge in [-0.15, -0.1) is 0 Å². The van der Waals surface area contributed by atoms with Gasteiger partial charge in [0.15, 0.2) is 0 Å². The van der Waals surface area contributed by atoms with Crippen LogP contribution in [0.1, 0.15) is 11.1 Å². The van der Waals surface area contributed by atoms with Gasteiger partial charge in [-0.05, 0) is 35.7 Å². The van der Waals surface area contributed by atoms with Crippen LogP contribution < -0.4 is 27.4 Å². The molecule has 13 heteroatoms. The Bertz CT molecular complexity index is 1380. The number of aromatic amines is 1. The topological polar surface area (TPSA) is 192 Å². The molecule has 9 N–H and O–H groups in total. The van der Waals surface area contributed by atoms with Crippen molar-refractivity contribution < 1.29 is 24.3 Å². The van der Waals surface area contributed by atoms with Crippen molar-refractivity contribution in [1.82, 2.24) is 20.9 Å². The average molecular weight is 599 g/mol. The summed E-state index contributed by atoms with van der Waals surface area (Å²) in [5, 5.41) is 18.6. The number of nitrogens with one attached hydrogen (secondary N) is 4. The van der Waals surface area contributed by atoms with Gasteiger partial charge >= 0.3 is 0 Å². The van der Waals surface area contributed by atoms with Crippen molar-refractivity contribution in [2.45, 2.75) is 37.0 Å². The third-order valence-corrected chi connectivity index (χ3v) is 9.08. The molecule has 3 aromatic rings. The highest BCUT2D eigenvalue weighted by Crippen LogP contribution is 2.20. The first-order valence-corrected chi connectivity index (χ1v) is 15.5. The number of thioether (sulfide) groups is 2. The number of fused-ring (bicyclic) bond motifs is 1. The fourth-order valence-corrected chi connectivity index (χ4v) is 6.66. The first-order chi connectivity index (χ1) is 19.7. The van der Waals surface area contributed by atoms with Gasteiger partial charge in [0.1, 0.15) is 23.9 Å². The molecule has 0 unspecified atom stereocenters. The second-order valence-corrected chi connectivity index (χ2v) is 12.1. The van der Waals surface area contributed by atoms with Crippen molar-refractivity contribution in [2.24, 2.45) is 11.5 Å². The second-order valence-electron chi connectivity index (χ2n) is 9.78. The van der Waals surface area contributed by atoms with Gasteiger partial charge in [0.25, 0.3) is 0 Å². The van der Waals surface area contributed by atoms with Crippen molar-refractivity contribution >= 4 is 58.1 Å². The molecule has 1 saturated heterocycles. The molecule has 0 radical (unpaired) electrons. The van der Waals surface area contributed by atoms with Gasteiger partial charge in [0.2, 0.25) is 23.6 Å². The Morgan fingerprint density at radius 2 is 1.71 bits per heavy atom. The van der Waals surface area contributed by atoms with E-state index in [2.05, 4.69) is 20.9 Å². The molecule has 4 atom stereocenters. The van der Waals surface area contributed by atoms with Crippen LogP contribution in [0.15, 0.2) is 54.7 Å². The number of para-hydroxylation sites is 1. The standard InChI is InChI=1S/C28H34N6O5S2/c29-20(11-16-5-7-18(35)8-6-16)26(37)34-24-15-41-10-9-40-14-23(25(30)36)33-27(38)22(32-28(24)39)12-17-13-31-21-4-2-1-3-19(17)21/h1-8,13,20,22-24,31,35H,9-12,14-15,29H2,(H2,30,36)(H,32,39)(H,33,38)(H,34,37)/t20-,22-,23+,24+/m0/s1. The maximum Gasteiger partial charge on any atom is 0.244 e. The molecule has 11 nitrogen and oxygen atoms in total. The molecule has 1 aliphatic rings. The van der Waals surface area contributed by atoms with E-state index in [0.29, 0.717) is 17.3 Å². The summed E-state index contributed by atoms with van der Waals surface area (Å²) in [5.74, 6) is -0.252. The number of carbonyl (C=O) groups excluding carboxylic acids is 4. The molecule has 2 aromatic carbocycles. The number of phenolic OH excluding ortho intramolecular Hbond substituents is 1. The number of aromatic hydroxyl groups is 1. The van der Waals surface area contributed by atoms with Crippen LogP contribution in [0.4, 0.5) is 0 Å². The number of hydrogen-bond donors (Lipinski definition) is 7. The van der Waals surface area contributed by atoms with E-state index in [4.69, 9.17) is 11.5 Å². The summed E-state index contributed by atoms with van der Waals surface area (Å²) in [5.41, 5.74) is 14.2. The predicted octanol–water partition coefficient (Wildman–Crippen LogP) is 0.406. The fourth-order valence-electron chi connectivity index (χ4n) is 4.43. The van der Waals surface area contributed by atoms with Crippen molar-refractivity contribution in [1.29, 1.82) is 0 Å². The van der Waals surface area contributed by atoms with E-state index in [1.807, 2.05) is 24.3 Å². The van der Waals surface area contributed by atoms with Crippen LogP contribution in [-0.4, -0.2) is 80.9 Å². The molecule has 41 heavy (non-hydrogen) atoms. The number of primary amides is 1. The van der Waals surface area contributed by atoms with E-state index in [0.717, 1.165) is 22.0 Å². The molecule has 2 heterocycles. The summed E-state index contributed by atoms with van der Waals surface area (Å²) in [4.78, 5) is 55.2. The Morgan fingerprint density at radius 1 is 1.00 bits per heavy atom. The van der Waals surface area contributed by atoms with Crippen LogP contribution in [-0.2, 0) is 32.0 Å². The first-order valence-electron chi connectivity index (χ1n) is 13.2. The van der Waals surface area contributed by atoms with Crippen molar-refractivity contribution in [3.63, 3.8) is 0 Å². The summed E-state index contributed by atoms with van der Waals surface area (Å²) < 4.78 is 0. The summed E-state index contributed by atoms with van der Waals surface area (Å²) in [6, 6.07) is 10.2. The average Bonchev–Trinajstić information content (AvgIpc) is 3.36. The number of aromatic nitrogens is 1. The van der Waals surface area contributed by atoms with Gasteiger partial charge in [0.05, 0.1) is 6.04 Å². The molecule has 4 amide bonds. The lowest BCUT2D eigenvalue weighted by atomic mass is 10.0. The summed E-state index contributed by atoms with van der Waals surface area (Å²) in [7, 11) is 0. The van der Waals surface area contributed by atoms with Crippen molar-refractivity contribution in [3.8, 4) is 5.75 Å². The number of rotatable bonds is 7. The van der Waals surface area contributed by atoms with Gasteiger partial charge in [-0.2, -0.15) is 23.5 Å². The molecule has 0 aliphatic carbocycles. The SMILES string of the molecule is NC(=O)[C@H]1CSCCSC[C@@H](NC(=O)[C@@H](N)Cc2ccc(O)cc2)C(=O)N[C@@H](Cc2c[nH]c3ccccc23)C(=O)N1. The minimum absolute atomic E-state index is 0.107. The number of phenols is 1. The highest BCUT2D eigenvalue weighted by molar-refractivity contribution is 8.03. The predicted molar refractivity (Wildman–Crippen MR) is 161 cm³/mol. The lowest BCUT2D eigenvalue weighted by Gasteiger charge is -2.25. The number of hydrogen-bond acceptors (Lipinski definition) is 8. The van der Waals surface area contributed by atoms with E-state index >= 15 is 0 Å². The van der Waals surface area contributed by atoms with Gasteiger partial charge in [-0.25, -0.2) is 0 Å². The number of amides is 4. The maximum atomic E-state index is 13.5. The monoisotopic (exact) mass is 598 g/mol. The molecule has 1 aromatic heterocycles. The van der Waals surface area contributed by atoms with E-state index in [-0.39, 0.29) is 24.3 Å². The number of H-pyrrole nitrogens is 1. The van der Waals surface area contributed by atoms with Gasteiger partial charge in [-0.1, -0.05) is 30.3 Å². The van der Waals surface area contributed by atoms with Crippen molar-refractivity contribution in [3.05, 3.63) is 65.9 Å². The molecular formula is C28H34N6O5S2. The molecule has 0 spiro atoms. The Balaban J connectivity index is 1.53. The number of nitrogens with two attached hydrogens (primary N) is 2. The lowest BCUT2D eigenvalue weighted by Crippen LogP contribution is -2.59. The molecule has 0 bridgehead atoms. The quantitative estimate of drug-likeness (QED) is 0.203. The van der Waals surface area contributed by atoms with Crippen LogP contribution in [0.25, 0.3) is 10.9 Å². The van der Waals surface area contributed by atoms with Gasteiger partial charge < -0.3 is 37.5 Å². The minimum atomic E-state index is -1.04. The molecule has 1 fully saturated rings. The molecular weight excluding hydrogens is 564 g/mol. The normalized spacial score (nSPS) is 21.4. The fraction of sp³-hybridized carbons (Fsp3) is 0.357. The zero-order chi connectivity index (χ0) is 29.4. The third kappa shape index (κ3) is 8.41. The largest absolute Gasteiger partial charge is 0.508 e. The Labute approximate surface area is 245 Å². The summed E-state index contributed by atoms with van der Waals surface area (Å²) in [6.07, 6.45) is 2.14. The summed E-state index contributed by atoms with van der Waals surface area (Å²) in [6.45, 7) is 0. The van der Waals surface area contributed by atoms with Crippen LogP contribution in [0.2, 0.25) is 0 Å². The zero-order valence-electron chi connectivity index (χ0n) is 22.3. The highest BCUT2D eigenvalue weighted by Gasteiger charge is 2.31. The first kappa shape index (κ1) is 30.3. The Hall–Kier alpha value is -3.68. The smallest absolute Gasteiger partial charge is 0.244 e. The lowest BCUT2D eigenvalue weighted by molar-refractivity contribution is -0.133. The Morgan fingerprint density at radius 3 is 2.44 bits per heavy atom. The number of carbonyl (C=O) groups is 4. The van der Waals surface area contributed by atoms with E-state index in [1.165, 1.54) is 35.7 Å². The minimum Gasteiger partial charge on any atom is -0.508 e. The summed E-state index contributed by atoms with van der Waals surface area (Å²) >= 11 is 2.95. The molecule has 4 rings (SSSR count).